The van der Waals surface area contributed by atoms with Gasteiger partial charge in [-0.3, -0.25) is 14.9 Å². The summed E-state index contributed by atoms with van der Waals surface area (Å²) < 4.78 is 5.85. The lowest BCUT2D eigenvalue weighted by Crippen LogP contribution is -2.34. The van der Waals surface area contributed by atoms with Gasteiger partial charge in [0.05, 0.1) is 11.5 Å². The van der Waals surface area contributed by atoms with Crippen molar-refractivity contribution < 1.29 is 29.8 Å². The van der Waals surface area contributed by atoms with E-state index in [2.05, 4.69) is 5.10 Å². The van der Waals surface area contributed by atoms with Gasteiger partial charge in [0.2, 0.25) is 5.69 Å². The van der Waals surface area contributed by atoms with Crippen LogP contribution in [-0.2, 0) is 4.74 Å². The van der Waals surface area contributed by atoms with Crippen LogP contribution in [0.15, 0.2) is 6.20 Å². The quantitative estimate of drug-likeness (QED) is 0.347. The normalized spacial score (nSPS) is 29.6. The fraction of sp³-hybridized carbons (Fsp3) is 0.556. The number of ether oxygens (including phenoxy) is 1. The van der Waals surface area contributed by atoms with Crippen LogP contribution in [0.4, 0.5) is 5.69 Å². The van der Waals surface area contributed by atoms with Crippen molar-refractivity contribution in [3.8, 4) is 0 Å². The first kappa shape index (κ1) is 14.3. The highest BCUT2D eigenvalue weighted by Gasteiger charge is 2.46. The predicted molar refractivity (Wildman–Crippen MR) is 60.4 cm³/mol. The number of aliphatic hydroxyl groups excluding tert-OH is 3. The summed E-state index contributed by atoms with van der Waals surface area (Å²) in [6.07, 6.45) is -4.62. The van der Waals surface area contributed by atoms with E-state index < -0.39 is 53.4 Å². The molecule has 1 aliphatic rings. The molecule has 11 nitrogen and oxygen atoms in total. The van der Waals surface area contributed by atoms with Crippen molar-refractivity contribution in [3.63, 3.8) is 0 Å². The van der Waals surface area contributed by atoms with Gasteiger partial charge in [0.25, 0.3) is 5.91 Å². The highest BCUT2D eigenvalue weighted by molar-refractivity contribution is 5.95. The van der Waals surface area contributed by atoms with Gasteiger partial charge in [-0.2, -0.15) is 5.10 Å². The van der Waals surface area contributed by atoms with Crippen LogP contribution >= 0.6 is 0 Å². The first-order valence-corrected chi connectivity index (χ1v) is 5.52. The maximum absolute atomic E-state index is 11.3. The zero-order chi connectivity index (χ0) is 15.0. The summed E-state index contributed by atoms with van der Waals surface area (Å²) in [5.74, 6) is -1.13. The molecule has 1 saturated heterocycles. The second-order valence-corrected chi connectivity index (χ2v) is 4.17. The van der Waals surface area contributed by atoms with Gasteiger partial charge in [0.15, 0.2) is 6.23 Å². The minimum atomic E-state index is -1.52. The number of carbonyl (C=O) groups excluding carboxylic acids is 1. The molecule has 1 fully saturated rings. The molecule has 5 N–H and O–H groups in total. The fourth-order valence-electron chi connectivity index (χ4n) is 2.00. The zero-order valence-electron chi connectivity index (χ0n) is 9.99. The molecule has 11 heteroatoms. The van der Waals surface area contributed by atoms with Crippen molar-refractivity contribution in [2.24, 2.45) is 5.73 Å². The Bertz CT molecular complexity index is 544. The van der Waals surface area contributed by atoms with Crippen LogP contribution in [-0.4, -0.2) is 60.8 Å². The average molecular weight is 288 g/mol. The molecule has 1 aliphatic heterocycles. The molecular formula is C9H12N4O7. The van der Waals surface area contributed by atoms with Gasteiger partial charge >= 0.3 is 5.69 Å². The van der Waals surface area contributed by atoms with Gasteiger partial charge in [0, 0.05) is 0 Å². The van der Waals surface area contributed by atoms with Crippen LogP contribution in [0.2, 0.25) is 0 Å². The van der Waals surface area contributed by atoms with E-state index in [1.807, 2.05) is 0 Å². The molecule has 1 amide bonds. The highest BCUT2D eigenvalue weighted by atomic mass is 16.6. The lowest BCUT2D eigenvalue weighted by molar-refractivity contribution is -0.385. The van der Waals surface area contributed by atoms with E-state index in [4.69, 9.17) is 15.6 Å². The average Bonchev–Trinajstić information content (AvgIpc) is 2.93. The first-order valence-electron chi connectivity index (χ1n) is 5.52. The molecule has 0 spiro atoms. The summed E-state index contributed by atoms with van der Waals surface area (Å²) in [6, 6.07) is 0. The van der Waals surface area contributed by atoms with Crippen LogP contribution in [0.1, 0.15) is 16.7 Å². The van der Waals surface area contributed by atoms with E-state index in [1.165, 1.54) is 0 Å². The highest BCUT2D eigenvalue weighted by Crippen LogP contribution is 2.31. The minimum absolute atomic E-state index is 0.565. The minimum Gasteiger partial charge on any atom is -0.394 e. The third-order valence-electron chi connectivity index (χ3n) is 2.96. The maximum atomic E-state index is 11.3. The Hall–Kier alpha value is -2.08. The molecular weight excluding hydrogens is 276 g/mol. The lowest BCUT2D eigenvalue weighted by atomic mass is 10.1. The molecule has 0 saturated carbocycles. The number of amides is 1. The topological polar surface area (TPSA) is 174 Å². The molecule has 4 atom stereocenters. The summed E-state index contributed by atoms with van der Waals surface area (Å²) in [5.41, 5.74) is 3.85. The fourth-order valence-corrected chi connectivity index (χ4v) is 2.00. The SMILES string of the molecule is NC(=O)c1c([N+](=O)[O-])cnn1[C@H]1O[C@H](CO)[C@@H](O)[C@@H]1O. The largest absolute Gasteiger partial charge is 0.394 e. The number of hydrogen-bond donors (Lipinski definition) is 4. The Morgan fingerprint density at radius 1 is 1.55 bits per heavy atom. The Morgan fingerprint density at radius 2 is 2.20 bits per heavy atom. The standard InChI is InChI=1S/C9H12N4O7/c10-8(17)5-3(13(18)19)1-11-12(5)9-7(16)6(15)4(2-14)20-9/h1,4,6-7,9,14-16H,2H2,(H2,10,17)/t4-,6-,7+,9+/m1/s1. The number of nitro groups is 1. The van der Waals surface area contributed by atoms with Crippen LogP contribution in [0.5, 0.6) is 0 Å². The molecule has 2 rings (SSSR count). The predicted octanol–water partition coefficient (Wildman–Crippen LogP) is -2.50. The van der Waals surface area contributed by atoms with Crippen LogP contribution in [0.3, 0.4) is 0 Å². The maximum Gasteiger partial charge on any atom is 0.320 e. The smallest absolute Gasteiger partial charge is 0.320 e. The van der Waals surface area contributed by atoms with E-state index in [-0.39, 0.29) is 0 Å². The number of rotatable bonds is 4. The van der Waals surface area contributed by atoms with Crippen LogP contribution in [0.25, 0.3) is 0 Å². The molecule has 0 aliphatic carbocycles. The van der Waals surface area contributed by atoms with Gasteiger partial charge in [-0.15, -0.1) is 0 Å². The van der Waals surface area contributed by atoms with E-state index in [1.54, 1.807) is 0 Å². The molecule has 1 aromatic rings. The number of carbonyl (C=O) groups is 1. The molecule has 2 heterocycles. The van der Waals surface area contributed by atoms with Crippen molar-refractivity contribution in [3.05, 3.63) is 22.0 Å². The Labute approximate surface area is 111 Å². The van der Waals surface area contributed by atoms with Crippen molar-refractivity contribution in [1.82, 2.24) is 9.78 Å². The molecule has 20 heavy (non-hydrogen) atoms. The van der Waals surface area contributed by atoms with Crippen molar-refractivity contribution in [2.75, 3.05) is 6.61 Å². The third kappa shape index (κ3) is 2.12. The Balaban J connectivity index is 2.44. The van der Waals surface area contributed by atoms with E-state index >= 15 is 0 Å². The lowest BCUT2D eigenvalue weighted by Gasteiger charge is -2.16. The van der Waals surface area contributed by atoms with E-state index in [0.29, 0.717) is 0 Å². The van der Waals surface area contributed by atoms with Crippen molar-refractivity contribution in [2.45, 2.75) is 24.5 Å². The number of primary amides is 1. The number of aromatic nitrogens is 2. The Morgan fingerprint density at radius 3 is 2.65 bits per heavy atom. The first-order chi connectivity index (χ1) is 9.38. The van der Waals surface area contributed by atoms with Gasteiger partial charge < -0.3 is 25.8 Å². The molecule has 0 unspecified atom stereocenters. The van der Waals surface area contributed by atoms with Gasteiger partial charge in [0.1, 0.15) is 24.5 Å². The second kappa shape index (κ2) is 5.13. The van der Waals surface area contributed by atoms with Crippen molar-refractivity contribution >= 4 is 11.6 Å². The Kier molecular flexibility index (Phi) is 3.67. The molecule has 0 bridgehead atoms. The van der Waals surface area contributed by atoms with Gasteiger partial charge in [-0.05, 0) is 0 Å². The summed E-state index contributed by atoms with van der Waals surface area (Å²) in [7, 11) is 0. The number of aliphatic hydroxyl groups is 3. The van der Waals surface area contributed by atoms with Crippen LogP contribution < -0.4 is 5.73 Å². The monoisotopic (exact) mass is 288 g/mol. The third-order valence-corrected chi connectivity index (χ3v) is 2.96. The van der Waals surface area contributed by atoms with Gasteiger partial charge in [-0.1, -0.05) is 0 Å². The molecule has 0 aromatic carbocycles. The van der Waals surface area contributed by atoms with E-state index in [0.717, 1.165) is 10.9 Å². The van der Waals surface area contributed by atoms with Crippen molar-refractivity contribution in [1.29, 1.82) is 0 Å². The summed E-state index contributed by atoms with van der Waals surface area (Å²) in [6.45, 7) is -0.579. The molecule has 0 radical (unpaired) electrons. The second-order valence-electron chi connectivity index (χ2n) is 4.17. The zero-order valence-corrected chi connectivity index (χ0v) is 9.99. The number of nitrogens with two attached hydrogens (primary N) is 1. The summed E-state index contributed by atoms with van der Waals surface area (Å²) >= 11 is 0. The summed E-state index contributed by atoms with van der Waals surface area (Å²) in [5, 5.41) is 42.7. The molecule has 110 valence electrons. The van der Waals surface area contributed by atoms with Gasteiger partial charge in [-0.25, -0.2) is 4.68 Å². The summed E-state index contributed by atoms with van der Waals surface area (Å²) in [4.78, 5) is 21.2. The van der Waals surface area contributed by atoms with E-state index in [9.17, 15) is 25.1 Å². The van der Waals surface area contributed by atoms with Crippen LogP contribution in [0, 0.1) is 10.1 Å². The molecule has 1 aromatic heterocycles. The number of nitrogens with zero attached hydrogens (tertiary/aromatic N) is 3. The number of hydrogen-bond acceptors (Lipinski definition) is 8.